The Morgan fingerprint density at radius 2 is 1.79 bits per heavy atom. The van der Waals surface area contributed by atoms with Gasteiger partial charge < -0.3 is 10.1 Å². The molecule has 28 heavy (non-hydrogen) atoms. The van der Waals surface area contributed by atoms with E-state index in [0.717, 1.165) is 22.6 Å². The van der Waals surface area contributed by atoms with E-state index in [4.69, 9.17) is 4.74 Å². The fourth-order valence-electron chi connectivity index (χ4n) is 3.15. The number of para-hydroxylation sites is 1. The molecule has 6 heteroatoms. The number of benzene rings is 2. The molecule has 0 fully saturated rings. The van der Waals surface area contributed by atoms with Crippen LogP contribution in [0.3, 0.4) is 0 Å². The highest BCUT2D eigenvalue weighted by atomic mass is 32.2. The minimum atomic E-state index is -0.354. The molecule has 0 saturated heterocycles. The second-order valence-electron chi connectivity index (χ2n) is 7.74. The lowest BCUT2D eigenvalue weighted by atomic mass is 9.86. The fraction of sp³-hybridized carbons (Fsp3) is 0.318. The monoisotopic (exact) mass is 392 g/mol. The topological polar surface area (TPSA) is 59.9 Å². The molecule has 2 aromatic carbocycles. The Bertz CT molecular complexity index is 983. The van der Waals surface area contributed by atoms with Crippen molar-refractivity contribution in [2.45, 2.75) is 44.5 Å². The Kier molecular flexibility index (Phi) is 4.98. The van der Waals surface area contributed by atoms with Crippen LogP contribution in [0.5, 0.6) is 5.88 Å². The van der Waals surface area contributed by atoms with Crippen LogP contribution in [0.1, 0.15) is 45.0 Å². The van der Waals surface area contributed by atoms with Crippen molar-refractivity contribution in [1.82, 2.24) is 15.2 Å². The Balaban J connectivity index is 1.76. The third-order valence-electron chi connectivity index (χ3n) is 4.69. The minimum absolute atomic E-state index is 0.110. The van der Waals surface area contributed by atoms with Gasteiger partial charge in [0.15, 0.2) is 11.9 Å². The van der Waals surface area contributed by atoms with Crippen LogP contribution in [0.2, 0.25) is 0 Å². The first-order valence-corrected chi connectivity index (χ1v) is 10.4. The summed E-state index contributed by atoms with van der Waals surface area (Å²) in [6.45, 7) is 8.70. The van der Waals surface area contributed by atoms with Crippen LogP contribution in [-0.4, -0.2) is 20.9 Å². The summed E-state index contributed by atoms with van der Waals surface area (Å²) < 4.78 is 6.30. The normalized spacial score (nSPS) is 15.6. The van der Waals surface area contributed by atoms with E-state index >= 15 is 0 Å². The van der Waals surface area contributed by atoms with Crippen molar-refractivity contribution in [1.29, 1.82) is 0 Å². The molecule has 1 N–H and O–H groups in total. The van der Waals surface area contributed by atoms with E-state index in [2.05, 4.69) is 72.5 Å². The lowest BCUT2D eigenvalue weighted by Crippen LogP contribution is -2.18. The lowest BCUT2D eigenvalue weighted by molar-refractivity contribution is 0.225. The van der Waals surface area contributed by atoms with Crippen LogP contribution >= 0.6 is 11.8 Å². The summed E-state index contributed by atoms with van der Waals surface area (Å²) in [5, 5.41) is 12.8. The fourth-order valence-corrected chi connectivity index (χ4v) is 3.65. The highest BCUT2D eigenvalue weighted by Gasteiger charge is 2.26. The second-order valence-corrected chi connectivity index (χ2v) is 8.97. The molecule has 2 heterocycles. The zero-order chi connectivity index (χ0) is 19.7. The molecule has 1 aliphatic rings. The zero-order valence-electron chi connectivity index (χ0n) is 16.6. The quantitative estimate of drug-likeness (QED) is 0.598. The highest BCUT2D eigenvalue weighted by Crippen LogP contribution is 2.39. The van der Waals surface area contributed by atoms with E-state index < -0.39 is 0 Å². The van der Waals surface area contributed by atoms with Crippen molar-refractivity contribution in [3.8, 4) is 17.1 Å². The molecule has 0 radical (unpaired) electrons. The van der Waals surface area contributed by atoms with E-state index in [0.29, 0.717) is 16.7 Å². The maximum absolute atomic E-state index is 6.30. The van der Waals surface area contributed by atoms with Crippen LogP contribution in [0, 0.1) is 0 Å². The maximum Gasteiger partial charge on any atom is 0.247 e. The first-order chi connectivity index (χ1) is 13.5. The Morgan fingerprint density at radius 3 is 2.50 bits per heavy atom. The highest BCUT2D eigenvalue weighted by molar-refractivity contribution is 7.99. The van der Waals surface area contributed by atoms with E-state index in [9.17, 15) is 0 Å². The van der Waals surface area contributed by atoms with E-state index in [1.807, 2.05) is 24.3 Å². The van der Waals surface area contributed by atoms with Gasteiger partial charge in [0.25, 0.3) is 0 Å². The molecule has 0 spiro atoms. The summed E-state index contributed by atoms with van der Waals surface area (Å²) in [4.78, 5) is 4.62. The number of aromatic nitrogens is 3. The molecule has 1 aliphatic heterocycles. The van der Waals surface area contributed by atoms with Crippen LogP contribution in [0.25, 0.3) is 11.3 Å². The zero-order valence-corrected chi connectivity index (χ0v) is 17.4. The summed E-state index contributed by atoms with van der Waals surface area (Å²) in [5.74, 6) is 1.39. The number of fused-ring (bicyclic) bond motifs is 3. The number of ether oxygens (including phenoxy) is 1. The van der Waals surface area contributed by atoms with E-state index in [1.165, 1.54) is 5.56 Å². The van der Waals surface area contributed by atoms with Gasteiger partial charge in [0, 0.05) is 16.8 Å². The molecule has 0 amide bonds. The Morgan fingerprint density at radius 1 is 1.04 bits per heavy atom. The molecule has 144 valence electrons. The van der Waals surface area contributed by atoms with Gasteiger partial charge in [-0.15, -0.1) is 10.2 Å². The molecule has 3 aromatic rings. The summed E-state index contributed by atoms with van der Waals surface area (Å²) >= 11 is 1.55. The summed E-state index contributed by atoms with van der Waals surface area (Å²) in [6, 6.07) is 16.6. The van der Waals surface area contributed by atoms with Crippen molar-refractivity contribution < 1.29 is 4.74 Å². The molecule has 0 saturated carbocycles. The van der Waals surface area contributed by atoms with Gasteiger partial charge in [-0.3, -0.25) is 0 Å². The Hall–Kier alpha value is -2.60. The molecule has 5 nitrogen and oxygen atoms in total. The number of anilines is 1. The summed E-state index contributed by atoms with van der Waals surface area (Å²) in [5.41, 5.74) is 5.00. The average molecular weight is 393 g/mol. The van der Waals surface area contributed by atoms with Gasteiger partial charge in [-0.05, 0) is 22.8 Å². The summed E-state index contributed by atoms with van der Waals surface area (Å²) in [6.07, 6.45) is -0.354. The van der Waals surface area contributed by atoms with Crippen LogP contribution < -0.4 is 10.1 Å². The third-order valence-corrected chi connectivity index (χ3v) is 5.41. The number of hydrogen-bond donors (Lipinski definition) is 1. The van der Waals surface area contributed by atoms with Crippen molar-refractivity contribution in [3.05, 3.63) is 59.7 Å². The van der Waals surface area contributed by atoms with Crippen molar-refractivity contribution >= 4 is 17.4 Å². The molecule has 0 unspecified atom stereocenters. The number of nitrogens with one attached hydrogen (secondary N) is 1. The van der Waals surface area contributed by atoms with Crippen molar-refractivity contribution in [3.63, 3.8) is 0 Å². The molecule has 1 aromatic heterocycles. The molecule has 4 rings (SSSR count). The summed E-state index contributed by atoms with van der Waals surface area (Å²) in [7, 11) is 0. The molecule has 1 atom stereocenters. The van der Waals surface area contributed by atoms with Gasteiger partial charge in [0.1, 0.15) is 0 Å². The van der Waals surface area contributed by atoms with Gasteiger partial charge in [-0.1, -0.05) is 81.9 Å². The predicted molar refractivity (Wildman–Crippen MR) is 114 cm³/mol. The molecular weight excluding hydrogens is 368 g/mol. The largest absolute Gasteiger partial charge is 0.448 e. The number of hydrogen-bond acceptors (Lipinski definition) is 6. The number of nitrogens with zero attached hydrogens (tertiary/aromatic N) is 3. The molecule has 0 bridgehead atoms. The SMILES string of the molecule is CCSc1nnc2c(n1)O[C@@H](c1ccc(C(C)(C)C)cc1)Nc1ccccc1-2. The lowest BCUT2D eigenvalue weighted by Gasteiger charge is -2.22. The predicted octanol–water partition coefficient (Wildman–Crippen LogP) is 5.45. The Labute approximate surface area is 170 Å². The smallest absolute Gasteiger partial charge is 0.247 e. The molecule has 0 aliphatic carbocycles. The minimum Gasteiger partial charge on any atom is -0.448 e. The van der Waals surface area contributed by atoms with E-state index in [-0.39, 0.29) is 11.6 Å². The number of thioether (sulfide) groups is 1. The van der Waals surface area contributed by atoms with Gasteiger partial charge in [0.2, 0.25) is 11.0 Å². The van der Waals surface area contributed by atoms with Crippen LogP contribution in [0.4, 0.5) is 5.69 Å². The van der Waals surface area contributed by atoms with Gasteiger partial charge in [-0.25, -0.2) is 0 Å². The van der Waals surface area contributed by atoms with E-state index in [1.54, 1.807) is 11.8 Å². The number of rotatable bonds is 3. The van der Waals surface area contributed by atoms with Crippen molar-refractivity contribution in [2.75, 3.05) is 11.1 Å². The van der Waals surface area contributed by atoms with Crippen molar-refractivity contribution in [2.24, 2.45) is 0 Å². The first kappa shape index (κ1) is 18.7. The molecular formula is C22H24N4OS. The maximum atomic E-state index is 6.30. The van der Waals surface area contributed by atoms with Crippen LogP contribution in [0.15, 0.2) is 53.7 Å². The first-order valence-electron chi connectivity index (χ1n) is 9.46. The average Bonchev–Trinajstić information content (AvgIpc) is 2.84. The van der Waals surface area contributed by atoms with Gasteiger partial charge in [-0.2, -0.15) is 4.98 Å². The standard InChI is InChI=1S/C22H24N4OS/c1-5-28-21-24-20-18(25-26-21)16-8-6-7-9-17(16)23-19(27-20)14-10-12-15(13-11-14)22(2,3)4/h6-13,19,23H,5H2,1-4H3/t19-/m0/s1. The third kappa shape index (κ3) is 3.69. The van der Waals surface area contributed by atoms with Crippen LogP contribution in [-0.2, 0) is 5.41 Å². The van der Waals surface area contributed by atoms with Gasteiger partial charge >= 0.3 is 0 Å². The second kappa shape index (κ2) is 7.43. The van der Waals surface area contributed by atoms with Gasteiger partial charge in [0.05, 0.1) is 0 Å².